The van der Waals surface area contributed by atoms with Gasteiger partial charge in [0.2, 0.25) is 11.8 Å². The fourth-order valence-electron chi connectivity index (χ4n) is 2.71. The molecular weight excluding hydrogens is 304 g/mol. The lowest BCUT2D eigenvalue weighted by Crippen LogP contribution is -2.55. The third kappa shape index (κ3) is 3.82. The first-order chi connectivity index (χ1) is 10.9. The second-order valence-electron chi connectivity index (χ2n) is 6.04. The number of hydrogen-bond donors (Lipinski definition) is 2. The number of rotatable bonds is 3. The molecule has 2 N–H and O–H groups in total. The number of aliphatic hydroxyl groups excluding tert-OH is 2. The van der Waals surface area contributed by atoms with E-state index < -0.39 is 30.6 Å². The van der Waals surface area contributed by atoms with E-state index in [9.17, 15) is 10.2 Å². The minimum atomic E-state index is -1.13. The topological polar surface area (TPSA) is 102 Å². The molecule has 2 aliphatic rings. The molecule has 0 saturated carbocycles. The Kier molecular flexibility index (Phi) is 5.96. The monoisotopic (exact) mass is 330 g/mol. The van der Waals surface area contributed by atoms with Gasteiger partial charge in [0, 0.05) is 0 Å². The van der Waals surface area contributed by atoms with Crippen LogP contribution in [-0.2, 0) is 18.9 Å². The average molecular weight is 330 g/mol. The minimum Gasteiger partial charge on any atom is -0.483 e. The van der Waals surface area contributed by atoms with Gasteiger partial charge in [0.05, 0.1) is 20.8 Å². The lowest BCUT2D eigenvalue weighted by Gasteiger charge is -2.38. The van der Waals surface area contributed by atoms with Gasteiger partial charge in [-0.2, -0.15) is 0 Å². The lowest BCUT2D eigenvalue weighted by molar-refractivity contribution is -0.264. The Morgan fingerprint density at radius 2 is 1.70 bits per heavy atom. The molecule has 8 nitrogen and oxygen atoms in total. The van der Waals surface area contributed by atoms with Crippen molar-refractivity contribution in [1.82, 2.24) is 0 Å². The van der Waals surface area contributed by atoms with Crippen LogP contribution in [0.15, 0.2) is 9.98 Å². The van der Waals surface area contributed by atoms with Crippen molar-refractivity contribution in [2.24, 2.45) is 15.9 Å². The van der Waals surface area contributed by atoms with Gasteiger partial charge in [-0.1, -0.05) is 13.8 Å². The van der Waals surface area contributed by atoms with E-state index >= 15 is 0 Å². The van der Waals surface area contributed by atoms with E-state index in [0.29, 0.717) is 11.8 Å². The van der Waals surface area contributed by atoms with Crippen molar-refractivity contribution >= 4 is 11.8 Å². The Morgan fingerprint density at radius 1 is 1.13 bits per heavy atom. The Bertz CT molecular complexity index is 467. The largest absolute Gasteiger partial charge is 0.483 e. The second kappa shape index (κ2) is 7.57. The molecule has 0 aromatic heterocycles. The second-order valence-corrected chi connectivity index (χ2v) is 6.04. The van der Waals surface area contributed by atoms with Gasteiger partial charge >= 0.3 is 0 Å². The smallest absolute Gasteiger partial charge is 0.212 e. The maximum Gasteiger partial charge on any atom is 0.212 e. The summed E-state index contributed by atoms with van der Waals surface area (Å²) in [5.41, 5.74) is 0. The summed E-state index contributed by atoms with van der Waals surface area (Å²) in [5, 5.41) is 20.7. The van der Waals surface area contributed by atoms with Crippen molar-refractivity contribution in [1.29, 1.82) is 0 Å². The highest BCUT2D eigenvalue weighted by molar-refractivity contribution is 5.94. The zero-order valence-corrected chi connectivity index (χ0v) is 14.2. The van der Waals surface area contributed by atoms with E-state index in [0.717, 1.165) is 0 Å². The van der Waals surface area contributed by atoms with Crippen molar-refractivity contribution in [2.75, 3.05) is 20.8 Å². The minimum absolute atomic E-state index is 0.0878. The fourth-order valence-corrected chi connectivity index (χ4v) is 2.71. The summed E-state index contributed by atoms with van der Waals surface area (Å²) in [6.07, 6.45) is -3.45. The SMILES string of the molecule is COC1=N[C@H](C(C)C)C(OC)=N[C@H]1[C@@H](O)[C@@H]1O[C@H](C)OC[C@H]1O. The molecule has 0 aliphatic carbocycles. The van der Waals surface area contributed by atoms with Gasteiger partial charge in [0.1, 0.15) is 24.4 Å². The molecule has 0 radical (unpaired) electrons. The van der Waals surface area contributed by atoms with Crippen LogP contribution < -0.4 is 0 Å². The molecule has 0 aromatic carbocycles. The maximum atomic E-state index is 10.7. The summed E-state index contributed by atoms with van der Waals surface area (Å²) in [5.74, 6) is 0.897. The quantitative estimate of drug-likeness (QED) is 0.753. The van der Waals surface area contributed by atoms with Gasteiger partial charge in [-0.3, -0.25) is 0 Å². The van der Waals surface area contributed by atoms with Crippen molar-refractivity contribution in [3.05, 3.63) is 0 Å². The Hall–Kier alpha value is -1.22. The molecule has 23 heavy (non-hydrogen) atoms. The van der Waals surface area contributed by atoms with E-state index in [1.807, 2.05) is 13.8 Å². The Labute approximate surface area is 136 Å². The van der Waals surface area contributed by atoms with E-state index in [4.69, 9.17) is 18.9 Å². The molecule has 1 fully saturated rings. The summed E-state index contributed by atoms with van der Waals surface area (Å²) >= 11 is 0. The maximum absolute atomic E-state index is 10.7. The van der Waals surface area contributed by atoms with Gasteiger partial charge in [-0.25, -0.2) is 9.98 Å². The van der Waals surface area contributed by atoms with Crippen molar-refractivity contribution in [2.45, 2.75) is 57.5 Å². The Morgan fingerprint density at radius 3 is 2.26 bits per heavy atom. The molecule has 0 amide bonds. The van der Waals surface area contributed by atoms with Crippen LogP contribution in [0.3, 0.4) is 0 Å². The first kappa shape index (κ1) is 18.1. The summed E-state index contributed by atoms with van der Waals surface area (Å²) in [7, 11) is 3.00. The number of aliphatic imine (C=N–C) groups is 2. The number of nitrogens with zero attached hydrogens (tertiary/aromatic N) is 2. The van der Waals surface area contributed by atoms with E-state index in [1.165, 1.54) is 14.2 Å². The van der Waals surface area contributed by atoms with Crippen LogP contribution in [0.1, 0.15) is 20.8 Å². The van der Waals surface area contributed by atoms with Crippen molar-refractivity contribution < 1.29 is 29.2 Å². The third-order valence-electron chi connectivity index (χ3n) is 3.98. The number of aliphatic hydroxyl groups is 2. The van der Waals surface area contributed by atoms with Crippen LogP contribution in [-0.4, -0.2) is 79.5 Å². The fraction of sp³-hybridized carbons (Fsp3) is 0.867. The van der Waals surface area contributed by atoms with E-state index in [1.54, 1.807) is 6.92 Å². The number of ether oxygens (including phenoxy) is 4. The average Bonchev–Trinajstić information content (AvgIpc) is 2.54. The van der Waals surface area contributed by atoms with Crippen LogP contribution >= 0.6 is 0 Å². The van der Waals surface area contributed by atoms with Gasteiger partial charge in [0.15, 0.2) is 12.3 Å². The van der Waals surface area contributed by atoms with Gasteiger partial charge in [-0.05, 0) is 12.8 Å². The third-order valence-corrected chi connectivity index (χ3v) is 3.98. The Balaban J connectivity index is 2.25. The van der Waals surface area contributed by atoms with Crippen LogP contribution in [0.4, 0.5) is 0 Å². The van der Waals surface area contributed by atoms with Crippen molar-refractivity contribution in [3.8, 4) is 0 Å². The van der Waals surface area contributed by atoms with Gasteiger partial charge in [-0.15, -0.1) is 0 Å². The lowest BCUT2D eigenvalue weighted by atomic mass is 9.97. The molecular formula is C15H26N2O6. The van der Waals surface area contributed by atoms with E-state index in [-0.39, 0.29) is 18.6 Å². The van der Waals surface area contributed by atoms with Crippen LogP contribution in [0.5, 0.6) is 0 Å². The van der Waals surface area contributed by atoms with Gasteiger partial charge < -0.3 is 29.2 Å². The molecule has 1 saturated heterocycles. The molecule has 132 valence electrons. The normalized spacial score (nSPS) is 36.3. The molecule has 2 rings (SSSR count). The molecule has 2 aliphatic heterocycles. The predicted molar refractivity (Wildman–Crippen MR) is 83.6 cm³/mol. The molecule has 6 atom stereocenters. The predicted octanol–water partition coefficient (Wildman–Crippen LogP) is -0.0338. The van der Waals surface area contributed by atoms with Gasteiger partial charge in [0.25, 0.3) is 0 Å². The first-order valence-corrected chi connectivity index (χ1v) is 7.75. The molecule has 0 unspecified atom stereocenters. The molecule has 0 bridgehead atoms. The number of hydrogen-bond acceptors (Lipinski definition) is 8. The summed E-state index contributed by atoms with van der Waals surface area (Å²) in [6.45, 7) is 5.79. The molecule has 2 heterocycles. The molecule has 0 aromatic rings. The zero-order chi connectivity index (χ0) is 17.1. The highest BCUT2D eigenvalue weighted by Crippen LogP contribution is 2.24. The molecule has 0 spiro atoms. The summed E-state index contributed by atoms with van der Waals surface area (Å²) < 4.78 is 21.3. The molecule has 8 heteroatoms. The van der Waals surface area contributed by atoms with Crippen molar-refractivity contribution in [3.63, 3.8) is 0 Å². The highest BCUT2D eigenvalue weighted by Gasteiger charge is 2.43. The standard InChI is InChI=1S/C15H26N2O6/c1-7(2)10-14(20-4)17-11(15(16-10)21-5)12(19)13-9(18)6-22-8(3)23-13/h7-13,18-19H,6H2,1-5H3/t8-,9-,10-,11+,12-,13-/m1/s1. The first-order valence-electron chi connectivity index (χ1n) is 7.75. The van der Waals surface area contributed by atoms with Crippen LogP contribution in [0.25, 0.3) is 0 Å². The highest BCUT2D eigenvalue weighted by atomic mass is 16.7. The number of methoxy groups -OCH3 is 2. The van der Waals surface area contributed by atoms with Crippen LogP contribution in [0.2, 0.25) is 0 Å². The summed E-state index contributed by atoms with van der Waals surface area (Å²) in [6, 6.07) is -1.06. The zero-order valence-electron chi connectivity index (χ0n) is 14.2. The van der Waals surface area contributed by atoms with E-state index in [2.05, 4.69) is 9.98 Å². The van der Waals surface area contributed by atoms with Crippen LogP contribution in [0, 0.1) is 5.92 Å². The summed E-state index contributed by atoms with van der Waals surface area (Å²) in [4.78, 5) is 8.95.